The molecule has 2 aromatic carbocycles. The monoisotopic (exact) mass is 374 g/mol. The summed E-state index contributed by atoms with van der Waals surface area (Å²) in [6.07, 6.45) is 1.35. The van der Waals surface area contributed by atoms with Gasteiger partial charge in [-0.3, -0.25) is 0 Å². The molecule has 140 valence electrons. The van der Waals surface area contributed by atoms with Crippen LogP contribution >= 0.6 is 0 Å². The van der Waals surface area contributed by atoms with Gasteiger partial charge in [-0.05, 0) is 35.9 Å². The van der Waals surface area contributed by atoms with Crippen LogP contribution in [0.5, 0.6) is 5.75 Å². The van der Waals surface area contributed by atoms with E-state index in [1.165, 1.54) is 26.0 Å². The second-order valence-corrected chi connectivity index (χ2v) is 6.33. The molecule has 5 nitrogen and oxygen atoms in total. The lowest BCUT2D eigenvalue weighted by Crippen LogP contribution is -2.41. The first kappa shape index (κ1) is 18.6. The highest BCUT2D eigenvalue weighted by atomic mass is 19.1. The minimum Gasteiger partial charge on any atom is -0.489 e. The number of ether oxygens (including phenoxy) is 3. The third-order valence-electron chi connectivity index (χ3n) is 3.72. The molecule has 0 unspecified atom stereocenters. The van der Waals surface area contributed by atoms with E-state index in [0.29, 0.717) is 11.3 Å². The van der Waals surface area contributed by atoms with E-state index in [4.69, 9.17) is 14.2 Å². The maximum absolute atomic E-state index is 13.6. The van der Waals surface area contributed by atoms with E-state index in [0.717, 1.165) is 12.1 Å². The Kier molecular flexibility index (Phi) is 4.94. The SMILES string of the molecule is CC1(C)OC(=O)C(=Cc2ccc(OCc3ccc(F)cc3F)cc2)C(=O)O1. The zero-order valence-electron chi connectivity index (χ0n) is 14.6. The van der Waals surface area contributed by atoms with E-state index in [1.54, 1.807) is 24.3 Å². The maximum Gasteiger partial charge on any atom is 0.348 e. The van der Waals surface area contributed by atoms with Gasteiger partial charge in [0.1, 0.15) is 29.6 Å². The third kappa shape index (κ3) is 4.49. The summed E-state index contributed by atoms with van der Waals surface area (Å²) in [6, 6.07) is 9.67. The molecule has 27 heavy (non-hydrogen) atoms. The van der Waals surface area contributed by atoms with Crippen LogP contribution in [-0.2, 0) is 25.7 Å². The van der Waals surface area contributed by atoms with Crippen molar-refractivity contribution in [3.8, 4) is 5.75 Å². The zero-order chi connectivity index (χ0) is 19.6. The minimum atomic E-state index is -1.29. The van der Waals surface area contributed by atoms with Crippen molar-refractivity contribution in [3.05, 3.63) is 70.8 Å². The van der Waals surface area contributed by atoms with Crippen molar-refractivity contribution in [1.82, 2.24) is 0 Å². The summed E-state index contributed by atoms with van der Waals surface area (Å²) in [4.78, 5) is 23.9. The number of carbonyl (C=O) groups is 2. The van der Waals surface area contributed by atoms with Crippen molar-refractivity contribution < 1.29 is 32.6 Å². The van der Waals surface area contributed by atoms with Crippen molar-refractivity contribution in [1.29, 1.82) is 0 Å². The molecule has 0 N–H and O–H groups in total. The Hall–Kier alpha value is -3.22. The number of rotatable bonds is 4. The summed E-state index contributed by atoms with van der Waals surface area (Å²) < 4.78 is 42.0. The summed E-state index contributed by atoms with van der Waals surface area (Å²) >= 11 is 0. The molecule has 1 saturated heterocycles. The highest BCUT2D eigenvalue weighted by Gasteiger charge is 2.38. The molecule has 1 fully saturated rings. The van der Waals surface area contributed by atoms with Crippen LogP contribution in [0.25, 0.3) is 6.08 Å². The molecule has 7 heteroatoms. The van der Waals surface area contributed by atoms with Crippen LogP contribution < -0.4 is 4.74 Å². The topological polar surface area (TPSA) is 61.8 Å². The molecule has 0 aromatic heterocycles. The Balaban J connectivity index is 1.68. The normalized spacial score (nSPS) is 15.8. The third-order valence-corrected chi connectivity index (χ3v) is 3.72. The Bertz CT molecular complexity index is 894. The Morgan fingerprint density at radius 3 is 2.22 bits per heavy atom. The summed E-state index contributed by atoms with van der Waals surface area (Å²) in [5.41, 5.74) is 0.563. The van der Waals surface area contributed by atoms with Crippen LogP contribution in [0.4, 0.5) is 8.78 Å². The lowest BCUT2D eigenvalue weighted by atomic mass is 10.1. The van der Waals surface area contributed by atoms with Crippen molar-refractivity contribution in [2.24, 2.45) is 0 Å². The molecule has 0 saturated carbocycles. The predicted molar refractivity (Wildman–Crippen MR) is 91.4 cm³/mol. The number of cyclic esters (lactones) is 2. The standard InChI is InChI=1S/C20H16F2O5/c1-20(2)26-18(23)16(19(24)27-20)9-12-3-7-15(8-4-12)25-11-13-5-6-14(21)10-17(13)22/h3-10H,11H2,1-2H3. The molecule has 0 spiro atoms. The number of esters is 2. The molecule has 1 heterocycles. The average Bonchev–Trinajstić information content (AvgIpc) is 2.58. The van der Waals surface area contributed by atoms with Crippen LogP contribution in [-0.4, -0.2) is 17.7 Å². The summed E-state index contributed by atoms with van der Waals surface area (Å²) in [7, 11) is 0. The Morgan fingerprint density at radius 2 is 1.63 bits per heavy atom. The first-order chi connectivity index (χ1) is 12.7. The van der Waals surface area contributed by atoms with Crippen molar-refractivity contribution in [2.45, 2.75) is 26.2 Å². The highest BCUT2D eigenvalue weighted by molar-refractivity contribution is 6.18. The second kappa shape index (κ2) is 7.19. The van der Waals surface area contributed by atoms with Crippen LogP contribution in [0.1, 0.15) is 25.0 Å². The number of carbonyl (C=O) groups excluding carboxylic acids is 2. The van der Waals surface area contributed by atoms with Crippen molar-refractivity contribution in [2.75, 3.05) is 0 Å². The van der Waals surface area contributed by atoms with E-state index < -0.39 is 29.4 Å². The molecular formula is C20H16F2O5. The van der Waals surface area contributed by atoms with Gasteiger partial charge in [-0.25, -0.2) is 18.4 Å². The lowest BCUT2D eigenvalue weighted by Gasteiger charge is -2.29. The average molecular weight is 374 g/mol. The van der Waals surface area contributed by atoms with Crippen LogP contribution in [0.3, 0.4) is 0 Å². The predicted octanol–water partition coefficient (Wildman–Crippen LogP) is 3.76. The van der Waals surface area contributed by atoms with Crippen LogP contribution in [0.2, 0.25) is 0 Å². The van der Waals surface area contributed by atoms with Gasteiger partial charge in [0.2, 0.25) is 0 Å². The fraction of sp³-hybridized carbons (Fsp3) is 0.200. The maximum atomic E-state index is 13.6. The molecule has 0 radical (unpaired) electrons. The number of benzene rings is 2. The smallest absolute Gasteiger partial charge is 0.348 e. The number of hydrogen-bond donors (Lipinski definition) is 0. The fourth-order valence-electron chi connectivity index (χ4n) is 2.41. The largest absolute Gasteiger partial charge is 0.489 e. The van der Waals surface area contributed by atoms with Gasteiger partial charge in [-0.1, -0.05) is 12.1 Å². The Labute approximate surface area is 154 Å². The van der Waals surface area contributed by atoms with E-state index in [1.807, 2.05) is 0 Å². The van der Waals surface area contributed by atoms with Gasteiger partial charge in [0.25, 0.3) is 5.79 Å². The van der Waals surface area contributed by atoms with Crippen molar-refractivity contribution >= 4 is 18.0 Å². The van der Waals surface area contributed by atoms with Crippen molar-refractivity contribution in [3.63, 3.8) is 0 Å². The van der Waals surface area contributed by atoms with Gasteiger partial charge in [0.15, 0.2) is 0 Å². The summed E-state index contributed by atoms with van der Waals surface area (Å²) in [5.74, 6) is -3.72. The molecule has 3 rings (SSSR count). The number of hydrogen-bond acceptors (Lipinski definition) is 5. The molecule has 0 aliphatic carbocycles. The Morgan fingerprint density at radius 1 is 1.00 bits per heavy atom. The van der Waals surface area contributed by atoms with Gasteiger partial charge in [0.05, 0.1) is 0 Å². The molecule has 1 aliphatic heterocycles. The van der Waals surface area contributed by atoms with E-state index in [-0.39, 0.29) is 17.7 Å². The number of halogens is 2. The summed E-state index contributed by atoms with van der Waals surface area (Å²) in [5, 5.41) is 0. The van der Waals surface area contributed by atoms with E-state index >= 15 is 0 Å². The highest BCUT2D eigenvalue weighted by Crippen LogP contribution is 2.25. The fourth-order valence-corrected chi connectivity index (χ4v) is 2.41. The first-order valence-corrected chi connectivity index (χ1v) is 8.09. The second-order valence-electron chi connectivity index (χ2n) is 6.33. The van der Waals surface area contributed by atoms with Gasteiger partial charge in [0, 0.05) is 25.5 Å². The molecule has 0 bridgehead atoms. The molecule has 0 amide bonds. The molecule has 0 atom stereocenters. The van der Waals surface area contributed by atoms with E-state index in [2.05, 4.69) is 0 Å². The molecule has 2 aromatic rings. The van der Waals surface area contributed by atoms with Gasteiger partial charge in [-0.15, -0.1) is 0 Å². The lowest BCUT2D eigenvalue weighted by molar-refractivity contribution is -0.222. The minimum absolute atomic E-state index is 0.0692. The quantitative estimate of drug-likeness (QED) is 0.463. The van der Waals surface area contributed by atoms with Gasteiger partial charge in [-0.2, -0.15) is 0 Å². The molecular weight excluding hydrogens is 358 g/mol. The zero-order valence-corrected chi connectivity index (χ0v) is 14.6. The first-order valence-electron chi connectivity index (χ1n) is 8.09. The summed E-state index contributed by atoms with van der Waals surface area (Å²) in [6.45, 7) is 2.87. The van der Waals surface area contributed by atoms with E-state index in [9.17, 15) is 18.4 Å². The van der Waals surface area contributed by atoms with Crippen LogP contribution in [0.15, 0.2) is 48.0 Å². The molecule has 1 aliphatic rings. The van der Waals surface area contributed by atoms with Crippen LogP contribution in [0, 0.1) is 11.6 Å². The van der Waals surface area contributed by atoms with Gasteiger partial charge < -0.3 is 14.2 Å². The van der Waals surface area contributed by atoms with Gasteiger partial charge >= 0.3 is 11.9 Å².